The Morgan fingerprint density at radius 2 is 1.83 bits per heavy atom. The molecule has 2 aromatic rings. The van der Waals surface area contributed by atoms with Gasteiger partial charge < -0.3 is 9.47 Å². The van der Waals surface area contributed by atoms with Crippen LogP contribution < -0.4 is 14.9 Å². The van der Waals surface area contributed by atoms with Gasteiger partial charge in [-0.05, 0) is 56.5 Å². The molecule has 5 nitrogen and oxygen atoms in total. The van der Waals surface area contributed by atoms with Gasteiger partial charge in [0.25, 0.3) is 5.91 Å². The highest BCUT2D eigenvalue weighted by Gasteiger charge is 2.11. The third-order valence-electron chi connectivity index (χ3n) is 3.04. The van der Waals surface area contributed by atoms with Crippen molar-refractivity contribution in [2.75, 3.05) is 13.7 Å². The summed E-state index contributed by atoms with van der Waals surface area (Å²) in [6.07, 6.45) is 1.58. The first-order valence-corrected chi connectivity index (χ1v) is 8.62. The fraction of sp³-hybridized carbons (Fsp3) is 0.176. The molecule has 0 fully saturated rings. The number of hydrazone groups is 1. The van der Waals surface area contributed by atoms with Gasteiger partial charge in [-0.1, -0.05) is 29.8 Å². The number of nitrogens with zero attached hydrogens (tertiary/aromatic N) is 1. The van der Waals surface area contributed by atoms with Gasteiger partial charge in [0, 0.05) is 0 Å². The smallest absolute Gasteiger partial charge is 0.277 e. The Hall–Kier alpha value is -1.86. The fourth-order valence-electron chi connectivity index (χ4n) is 1.79. The van der Waals surface area contributed by atoms with Gasteiger partial charge in [0.15, 0.2) is 6.61 Å². The van der Waals surface area contributed by atoms with E-state index in [1.165, 1.54) is 5.56 Å². The number of rotatable bonds is 6. The van der Waals surface area contributed by atoms with Crippen molar-refractivity contribution in [1.82, 2.24) is 5.43 Å². The molecule has 1 amide bonds. The number of methoxy groups -OCH3 is 1. The number of amides is 1. The third-order valence-corrected chi connectivity index (χ3v) is 4.21. The summed E-state index contributed by atoms with van der Waals surface area (Å²) in [5.41, 5.74) is 4.50. The van der Waals surface area contributed by atoms with E-state index in [2.05, 4.69) is 42.4 Å². The van der Waals surface area contributed by atoms with Crippen LogP contribution in [0.15, 0.2) is 50.4 Å². The van der Waals surface area contributed by atoms with Crippen molar-refractivity contribution in [1.29, 1.82) is 0 Å². The van der Waals surface area contributed by atoms with Crippen LogP contribution in [0.5, 0.6) is 11.5 Å². The van der Waals surface area contributed by atoms with Gasteiger partial charge in [-0.15, -0.1) is 0 Å². The van der Waals surface area contributed by atoms with E-state index in [0.29, 0.717) is 20.4 Å². The molecule has 0 spiro atoms. The zero-order valence-electron chi connectivity index (χ0n) is 13.2. The van der Waals surface area contributed by atoms with Crippen LogP contribution in [0.1, 0.15) is 11.1 Å². The molecule has 0 aliphatic carbocycles. The molecule has 0 aromatic heterocycles. The molecule has 0 radical (unpaired) electrons. The lowest BCUT2D eigenvalue weighted by Gasteiger charge is -2.11. The number of benzene rings is 2. The normalized spacial score (nSPS) is 10.7. The van der Waals surface area contributed by atoms with Gasteiger partial charge in [-0.3, -0.25) is 4.79 Å². The first-order valence-electron chi connectivity index (χ1n) is 7.04. The predicted molar refractivity (Wildman–Crippen MR) is 101 cm³/mol. The molecule has 0 saturated carbocycles. The maximum atomic E-state index is 11.8. The molecular weight excluding hydrogens is 440 g/mol. The van der Waals surface area contributed by atoms with Crippen LogP contribution in [-0.4, -0.2) is 25.8 Å². The molecule has 126 valence electrons. The van der Waals surface area contributed by atoms with Gasteiger partial charge in [0.2, 0.25) is 0 Å². The molecule has 0 saturated heterocycles. The van der Waals surface area contributed by atoms with Crippen LogP contribution >= 0.6 is 31.9 Å². The zero-order valence-corrected chi connectivity index (χ0v) is 16.3. The van der Waals surface area contributed by atoms with Crippen LogP contribution in [0, 0.1) is 6.92 Å². The highest BCUT2D eigenvalue weighted by molar-refractivity contribution is 9.11. The summed E-state index contributed by atoms with van der Waals surface area (Å²) >= 11 is 6.76. The Morgan fingerprint density at radius 1 is 1.21 bits per heavy atom. The Kier molecular flexibility index (Phi) is 6.81. The molecule has 0 atom stereocenters. The summed E-state index contributed by atoms with van der Waals surface area (Å²) in [5.74, 6) is 0.842. The summed E-state index contributed by atoms with van der Waals surface area (Å²) in [6.45, 7) is 1.85. The highest BCUT2D eigenvalue weighted by Crippen LogP contribution is 2.37. The minimum absolute atomic E-state index is 0.158. The second-order valence-corrected chi connectivity index (χ2v) is 6.62. The van der Waals surface area contributed by atoms with Crippen LogP contribution in [0.4, 0.5) is 0 Å². The monoisotopic (exact) mass is 454 g/mol. The van der Waals surface area contributed by atoms with Crippen molar-refractivity contribution in [2.45, 2.75) is 6.92 Å². The topological polar surface area (TPSA) is 59.9 Å². The molecule has 1 N–H and O–H groups in total. The van der Waals surface area contributed by atoms with Gasteiger partial charge in [-0.25, -0.2) is 5.43 Å². The molecule has 7 heteroatoms. The van der Waals surface area contributed by atoms with Gasteiger partial charge in [0.05, 0.1) is 22.3 Å². The van der Waals surface area contributed by atoms with Crippen molar-refractivity contribution in [3.8, 4) is 11.5 Å². The second-order valence-electron chi connectivity index (χ2n) is 4.91. The number of aryl methyl sites for hydroxylation is 1. The summed E-state index contributed by atoms with van der Waals surface area (Å²) in [7, 11) is 1.58. The quantitative estimate of drug-likeness (QED) is 0.527. The van der Waals surface area contributed by atoms with Gasteiger partial charge in [0.1, 0.15) is 11.5 Å². The van der Waals surface area contributed by atoms with E-state index in [0.717, 1.165) is 5.56 Å². The van der Waals surface area contributed by atoms with Gasteiger partial charge >= 0.3 is 0 Å². The van der Waals surface area contributed by atoms with Crippen LogP contribution in [0.3, 0.4) is 0 Å². The van der Waals surface area contributed by atoms with Crippen molar-refractivity contribution in [2.24, 2.45) is 5.10 Å². The van der Waals surface area contributed by atoms with E-state index in [-0.39, 0.29) is 12.5 Å². The SMILES string of the molecule is COc1cc(Br)c(OCC(=O)NN=Cc2ccc(C)cc2)c(Br)c1. The molecule has 24 heavy (non-hydrogen) atoms. The Labute approximate surface area is 157 Å². The molecule has 2 aromatic carbocycles. The van der Waals surface area contributed by atoms with Crippen LogP contribution in [-0.2, 0) is 4.79 Å². The average Bonchev–Trinajstić information content (AvgIpc) is 2.55. The first kappa shape index (κ1) is 18.5. The lowest BCUT2D eigenvalue weighted by Crippen LogP contribution is -2.24. The van der Waals surface area contributed by atoms with E-state index < -0.39 is 0 Å². The molecule has 0 aliphatic rings. The number of ether oxygens (including phenoxy) is 2. The molecule has 0 unspecified atom stereocenters. The maximum Gasteiger partial charge on any atom is 0.277 e. The van der Waals surface area contributed by atoms with E-state index in [4.69, 9.17) is 9.47 Å². The van der Waals surface area contributed by atoms with E-state index >= 15 is 0 Å². The molecule has 0 aliphatic heterocycles. The lowest BCUT2D eigenvalue weighted by atomic mass is 10.2. The number of nitrogens with one attached hydrogen (secondary N) is 1. The minimum Gasteiger partial charge on any atom is -0.497 e. The van der Waals surface area contributed by atoms with E-state index in [1.807, 2.05) is 31.2 Å². The fourth-order valence-corrected chi connectivity index (χ4v) is 3.17. The summed E-state index contributed by atoms with van der Waals surface area (Å²) in [6, 6.07) is 11.3. The average molecular weight is 456 g/mol. The number of hydrogen-bond acceptors (Lipinski definition) is 4. The maximum absolute atomic E-state index is 11.8. The number of carbonyl (C=O) groups excluding carboxylic acids is 1. The van der Waals surface area contributed by atoms with Crippen molar-refractivity contribution >= 4 is 44.0 Å². The zero-order chi connectivity index (χ0) is 17.5. The number of hydrogen-bond donors (Lipinski definition) is 1. The summed E-state index contributed by atoms with van der Waals surface area (Å²) < 4.78 is 12.0. The Bertz CT molecular complexity index is 723. The highest BCUT2D eigenvalue weighted by atomic mass is 79.9. The standard InChI is InChI=1S/C17H16Br2N2O3/c1-11-3-5-12(6-4-11)9-20-21-16(22)10-24-17-14(18)7-13(23-2)8-15(17)19/h3-9H,10H2,1-2H3,(H,21,22). The number of halogens is 2. The van der Waals surface area contributed by atoms with Gasteiger partial charge in [-0.2, -0.15) is 5.10 Å². The number of carbonyl (C=O) groups is 1. The molecule has 2 rings (SSSR count). The summed E-state index contributed by atoms with van der Waals surface area (Å²) in [4.78, 5) is 11.8. The minimum atomic E-state index is -0.354. The Morgan fingerprint density at radius 3 is 2.42 bits per heavy atom. The molecule has 0 bridgehead atoms. The molecular formula is C17H16Br2N2O3. The van der Waals surface area contributed by atoms with Crippen molar-refractivity contribution in [3.05, 3.63) is 56.5 Å². The third kappa shape index (κ3) is 5.35. The van der Waals surface area contributed by atoms with E-state index in [9.17, 15) is 4.79 Å². The van der Waals surface area contributed by atoms with Crippen molar-refractivity contribution < 1.29 is 14.3 Å². The van der Waals surface area contributed by atoms with Crippen LogP contribution in [0.2, 0.25) is 0 Å². The van der Waals surface area contributed by atoms with Crippen molar-refractivity contribution in [3.63, 3.8) is 0 Å². The summed E-state index contributed by atoms with van der Waals surface area (Å²) in [5, 5.41) is 3.91. The van der Waals surface area contributed by atoms with E-state index in [1.54, 1.807) is 25.5 Å². The Balaban J connectivity index is 1.88. The molecule has 0 heterocycles. The largest absolute Gasteiger partial charge is 0.497 e. The first-order chi connectivity index (χ1) is 11.5. The second kappa shape index (κ2) is 8.84. The van der Waals surface area contributed by atoms with Crippen LogP contribution in [0.25, 0.3) is 0 Å². The predicted octanol–water partition coefficient (Wildman–Crippen LogP) is 4.06. The lowest BCUT2D eigenvalue weighted by molar-refractivity contribution is -0.123.